The SMILES string of the molecule is CCCC(Oc1c(C)nn(C)c1C)C(=O)O. The molecule has 1 unspecified atom stereocenters. The van der Waals surface area contributed by atoms with Gasteiger partial charge >= 0.3 is 5.97 Å². The van der Waals surface area contributed by atoms with Crippen molar-refractivity contribution in [1.82, 2.24) is 9.78 Å². The summed E-state index contributed by atoms with van der Waals surface area (Å²) in [5, 5.41) is 13.2. The largest absolute Gasteiger partial charge is 0.479 e. The molecule has 1 N–H and O–H groups in total. The summed E-state index contributed by atoms with van der Waals surface area (Å²) in [5.41, 5.74) is 1.57. The number of hydrogen-bond acceptors (Lipinski definition) is 3. The zero-order valence-corrected chi connectivity index (χ0v) is 10.1. The molecule has 5 heteroatoms. The number of ether oxygens (including phenoxy) is 1. The van der Waals surface area contributed by atoms with Gasteiger partial charge in [-0.2, -0.15) is 5.10 Å². The molecule has 1 atom stereocenters. The lowest BCUT2D eigenvalue weighted by Crippen LogP contribution is -2.27. The molecule has 0 amide bonds. The van der Waals surface area contributed by atoms with Crippen LogP contribution < -0.4 is 4.74 Å². The standard InChI is InChI=1S/C11H18N2O3/c1-5-6-9(11(14)15)16-10-7(2)12-13(4)8(10)3/h9H,5-6H2,1-4H3,(H,14,15). The van der Waals surface area contributed by atoms with E-state index in [4.69, 9.17) is 9.84 Å². The van der Waals surface area contributed by atoms with Crippen molar-refractivity contribution in [1.29, 1.82) is 0 Å². The first kappa shape index (κ1) is 12.5. The fourth-order valence-electron chi connectivity index (χ4n) is 1.56. The van der Waals surface area contributed by atoms with Crippen LogP contribution in [0.5, 0.6) is 5.75 Å². The van der Waals surface area contributed by atoms with E-state index in [0.717, 1.165) is 17.8 Å². The Hall–Kier alpha value is -1.52. The van der Waals surface area contributed by atoms with Gasteiger partial charge in [-0.1, -0.05) is 13.3 Å². The van der Waals surface area contributed by atoms with Crippen LogP contribution in [0.15, 0.2) is 0 Å². The number of hydrogen-bond donors (Lipinski definition) is 1. The van der Waals surface area contributed by atoms with Gasteiger partial charge in [0.2, 0.25) is 0 Å². The van der Waals surface area contributed by atoms with E-state index in [1.165, 1.54) is 0 Å². The van der Waals surface area contributed by atoms with E-state index in [0.29, 0.717) is 12.2 Å². The van der Waals surface area contributed by atoms with Gasteiger partial charge in [-0.25, -0.2) is 4.79 Å². The first-order valence-electron chi connectivity index (χ1n) is 5.37. The Morgan fingerprint density at radius 1 is 1.56 bits per heavy atom. The molecule has 16 heavy (non-hydrogen) atoms. The van der Waals surface area contributed by atoms with Crippen LogP contribution in [0.4, 0.5) is 0 Å². The number of carboxylic acid groups (broad SMARTS) is 1. The molecular formula is C11H18N2O3. The van der Waals surface area contributed by atoms with E-state index in [-0.39, 0.29) is 0 Å². The Morgan fingerprint density at radius 2 is 2.19 bits per heavy atom. The highest BCUT2D eigenvalue weighted by Crippen LogP contribution is 2.23. The van der Waals surface area contributed by atoms with Crippen LogP contribution in [0.25, 0.3) is 0 Å². The molecule has 0 radical (unpaired) electrons. The number of carboxylic acids is 1. The maximum absolute atomic E-state index is 11.0. The van der Waals surface area contributed by atoms with Gasteiger partial charge < -0.3 is 9.84 Å². The third kappa shape index (κ3) is 2.53. The molecule has 0 saturated heterocycles. The number of rotatable bonds is 5. The summed E-state index contributed by atoms with van der Waals surface area (Å²) in [6.45, 7) is 5.61. The number of aromatic nitrogens is 2. The van der Waals surface area contributed by atoms with Crippen molar-refractivity contribution in [2.24, 2.45) is 7.05 Å². The van der Waals surface area contributed by atoms with Crippen molar-refractivity contribution in [2.75, 3.05) is 0 Å². The summed E-state index contributed by atoms with van der Waals surface area (Å²) in [6.07, 6.45) is 0.491. The molecule has 90 valence electrons. The highest BCUT2D eigenvalue weighted by atomic mass is 16.5. The van der Waals surface area contributed by atoms with Gasteiger partial charge in [-0.15, -0.1) is 0 Å². The molecule has 0 saturated carbocycles. The maximum atomic E-state index is 11.0. The number of carbonyl (C=O) groups is 1. The molecule has 5 nitrogen and oxygen atoms in total. The Balaban J connectivity index is 2.88. The molecule has 0 fully saturated rings. The van der Waals surface area contributed by atoms with Crippen molar-refractivity contribution in [3.8, 4) is 5.75 Å². The lowest BCUT2D eigenvalue weighted by Gasteiger charge is -2.14. The first-order valence-corrected chi connectivity index (χ1v) is 5.37. The highest BCUT2D eigenvalue weighted by Gasteiger charge is 2.21. The molecule has 1 rings (SSSR count). The van der Waals surface area contributed by atoms with Gasteiger partial charge in [0, 0.05) is 7.05 Å². The Bertz CT molecular complexity index is 385. The van der Waals surface area contributed by atoms with Gasteiger partial charge in [-0.05, 0) is 20.3 Å². The van der Waals surface area contributed by atoms with Crippen molar-refractivity contribution in [3.63, 3.8) is 0 Å². The second-order valence-corrected chi connectivity index (χ2v) is 3.86. The minimum absolute atomic E-state index is 0.503. The summed E-state index contributed by atoms with van der Waals surface area (Å²) in [6, 6.07) is 0. The zero-order chi connectivity index (χ0) is 12.3. The molecule has 1 heterocycles. The van der Waals surface area contributed by atoms with E-state index in [1.807, 2.05) is 27.8 Å². The summed E-state index contributed by atoms with van der Waals surface area (Å²) < 4.78 is 7.21. The van der Waals surface area contributed by atoms with Gasteiger partial charge in [0.25, 0.3) is 0 Å². The van der Waals surface area contributed by atoms with Crippen LogP contribution in [-0.2, 0) is 11.8 Å². The van der Waals surface area contributed by atoms with E-state index in [1.54, 1.807) is 4.68 Å². The molecule has 0 aliphatic rings. The Morgan fingerprint density at radius 3 is 2.56 bits per heavy atom. The van der Waals surface area contributed by atoms with Crippen molar-refractivity contribution >= 4 is 5.97 Å². The minimum atomic E-state index is -0.926. The fraction of sp³-hybridized carbons (Fsp3) is 0.636. The number of aliphatic carboxylic acids is 1. The summed E-state index contributed by atoms with van der Waals surface area (Å²) in [5.74, 6) is -0.340. The Labute approximate surface area is 95.0 Å². The van der Waals surface area contributed by atoms with E-state index in [9.17, 15) is 4.79 Å². The molecule has 0 aliphatic carbocycles. The average molecular weight is 226 g/mol. The van der Waals surface area contributed by atoms with Gasteiger partial charge in [0.1, 0.15) is 5.69 Å². The lowest BCUT2D eigenvalue weighted by molar-refractivity contribution is -0.145. The molecular weight excluding hydrogens is 208 g/mol. The van der Waals surface area contributed by atoms with Crippen molar-refractivity contribution < 1.29 is 14.6 Å². The second-order valence-electron chi connectivity index (χ2n) is 3.86. The third-order valence-electron chi connectivity index (χ3n) is 2.53. The molecule has 0 spiro atoms. The zero-order valence-electron chi connectivity index (χ0n) is 10.1. The van der Waals surface area contributed by atoms with Crippen LogP contribution in [0, 0.1) is 13.8 Å². The maximum Gasteiger partial charge on any atom is 0.344 e. The predicted octanol–water partition coefficient (Wildman–Crippen LogP) is 1.67. The van der Waals surface area contributed by atoms with Crippen molar-refractivity contribution in [2.45, 2.75) is 39.7 Å². The monoisotopic (exact) mass is 226 g/mol. The van der Waals surface area contributed by atoms with Gasteiger partial charge in [-0.3, -0.25) is 4.68 Å². The summed E-state index contributed by atoms with van der Waals surface area (Å²) >= 11 is 0. The average Bonchev–Trinajstić information content (AvgIpc) is 2.43. The second kappa shape index (κ2) is 5.01. The lowest BCUT2D eigenvalue weighted by atomic mass is 10.2. The fourth-order valence-corrected chi connectivity index (χ4v) is 1.56. The van der Waals surface area contributed by atoms with Crippen LogP contribution in [-0.4, -0.2) is 27.0 Å². The van der Waals surface area contributed by atoms with Crippen LogP contribution in [0.2, 0.25) is 0 Å². The third-order valence-corrected chi connectivity index (χ3v) is 2.53. The first-order chi connectivity index (χ1) is 7.47. The smallest absolute Gasteiger partial charge is 0.344 e. The molecule has 0 aromatic carbocycles. The quantitative estimate of drug-likeness (QED) is 0.829. The number of nitrogens with zero attached hydrogens (tertiary/aromatic N) is 2. The minimum Gasteiger partial charge on any atom is -0.479 e. The van der Waals surface area contributed by atoms with E-state index in [2.05, 4.69) is 5.10 Å². The molecule has 0 aliphatic heterocycles. The van der Waals surface area contributed by atoms with E-state index >= 15 is 0 Å². The molecule has 0 bridgehead atoms. The Kier molecular flexibility index (Phi) is 3.93. The van der Waals surface area contributed by atoms with Gasteiger partial charge in [0.15, 0.2) is 11.9 Å². The van der Waals surface area contributed by atoms with Crippen LogP contribution >= 0.6 is 0 Å². The van der Waals surface area contributed by atoms with Crippen LogP contribution in [0.1, 0.15) is 31.2 Å². The predicted molar refractivity (Wildman–Crippen MR) is 59.6 cm³/mol. The van der Waals surface area contributed by atoms with Crippen molar-refractivity contribution in [3.05, 3.63) is 11.4 Å². The molecule has 1 aromatic rings. The topological polar surface area (TPSA) is 64.4 Å². The van der Waals surface area contributed by atoms with Gasteiger partial charge in [0.05, 0.1) is 5.69 Å². The normalized spacial score (nSPS) is 12.5. The molecule has 1 aromatic heterocycles. The van der Waals surface area contributed by atoms with Crippen LogP contribution in [0.3, 0.4) is 0 Å². The summed E-state index contributed by atoms with van der Waals surface area (Å²) in [4.78, 5) is 11.0. The highest BCUT2D eigenvalue weighted by molar-refractivity contribution is 5.72. The number of aryl methyl sites for hydroxylation is 2. The van der Waals surface area contributed by atoms with E-state index < -0.39 is 12.1 Å². The summed E-state index contributed by atoms with van der Waals surface area (Å²) in [7, 11) is 1.81.